The maximum atomic E-state index is 14.2. The van der Waals surface area contributed by atoms with Gasteiger partial charge in [0.25, 0.3) is 0 Å². The number of benzene rings is 1. The van der Waals surface area contributed by atoms with Crippen molar-refractivity contribution in [3.8, 4) is 27.9 Å². The van der Waals surface area contributed by atoms with Crippen LogP contribution in [0.15, 0.2) is 30.6 Å². The van der Waals surface area contributed by atoms with Gasteiger partial charge in [0.2, 0.25) is 0 Å². The van der Waals surface area contributed by atoms with Crippen LogP contribution in [-0.4, -0.2) is 34.1 Å². The third-order valence-electron chi connectivity index (χ3n) is 4.80. The molecule has 0 spiro atoms. The van der Waals surface area contributed by atoms with Crippen LogP contribution in [0.3, 0.4) is 0 Å². The Kier molecular flexibility index (Phi) is 5.03. The number of hydrogen-bond acceptors (Lipinski definition) is 7. The molecule has 1 aliphatic rings. The first-order chi connectivity index (χ1) is 13.5. The maximum Gasteiger partial charge on any atom is 0.186 e. The number of thiazole rings is 1. The Morgan fingerprint density at radius 1 is 1.25 bits per heavy atom. The van der Waals surface area contributed by atoms with Crippen LogP contribution in [0.2, 0.25) is 0 Å². The molecule has 6 nitrogen and oxygen atoms in total. The highest BCUT2D eigenvalue weighted by atomic mass is 32.1. The molecule has 1 fully saturated rings. The summed E-state index contributed by atoms with van der Waals surface area (Å²) >= 11 is 1.52. The molecule has 1 saturated heterocycles. The Morgan fingerprint density at radius 3 is 2.68 bits per heavy atom. The third kappa shape index (κ3) is 3.59. The van der Waals surface area contributed by atoms with Gasteiger partial charge in [0.05, 0.1) is 28.0 Å². The Bertz CT molecular complexity index is 1030. The van der Waals surface area contributed by atoms with E-state index >= 15 is 0 Å². The van der Waals surface area contributed by atoms with Crippen LogP contribution >= 0.6 is 11.3 Å². The molecule has 1 aliphatic heterocycles. The molecule has 2 N–H and O–H groups in total. The van der Waals surface area contributed by atoms with Crippen LogP contribution in [0.25, 0.3) is 21.8 Å². The van der Waals surface area contributed by atoms with Crippen molar-refractivity contribution in [1.29, 1.82) is 5.26 Å². The summed E-state index contributed by atoms with van der Waals surface area (Å²) in [6.45, 7) is 3.56. The normalized spacial score (nSPS) is 14.9. The summed E-state index contributed by atoms with van der Waals surface area (Å²) in [4.78, 5) is 16.7. The molecular formula is C20H19FN6S. The van der Waals surface area contributed by atoms with Crippen molar-refractivity contribution in [2.75, 3.05) is 18.0 Å². The Labute approximate surface area is 166 Å². The van der Waals surface area contributed by atoms with Gasteiger partial charge in [-0.15, -0.1) is 0 Å². The molecule has 1 aromatic carbocycles. The van der Waals surface area contributed by atoms with Crippen LogP contribution < -0.4 is 10.6 Å². The van der Waals surface area contributed by atoms with Crippen LogP contribution in [0.4, 0.5) is 9.52 Å². The van der Waals surface area contributed by atoms with Gasteiger partial charge in [-0.2, -0.15) is 5.26 Å². The molecule has 28 heavy (non-hydrogen) atoms. The van der Waals surface area contributed by atoms with Gasteiger partial charge >= 0.3 is 0 Å². The number of rotatable bonds is 3. The fraction of sp³-hybridized carbons (Fsp3) is 0.300. The second-order valence-electron chi connectivity index (χ2n) is 6.85. The number of nitrogens with two attached hydrogens (primary N) is 1. The molecule has 0 bridgehead atoms. The summed E-state index contributed by atoms with van der Waals surface area (Å²) in [7, 11) is 0. The van der Waals surface area contributed by atoms with E-state index in [1.54, 1.807) is 18.5 Å². The number of nitriles is 1. The van der Waals surface area contributed by atoms with Crippen molar-refractivity contribution in [2.45, 2.75) is 25.8 Å². The zero-order valence-corrected chi connectivity index (χ0v) is 16.2. The molecule has 3 aromatic rings. The minimum atomic E-state index is -0.556. The molecule has 142 valence electrons. The second-order valence-corrected chi connectivity index (χ2v) is 7.83. The van der Waals surface area contributed by atoms with Gasteiger partial charge in [0.1, 0.15) is 17.6 Å². The van der Waals surface area contributed by atoms with E-state index in [1.807, 2.05) is 13.0 Å². The molecule has 3 heterocycles. The lowest BCUT2D eigenvalue weighted by Gasteiger charge is -2.29. The smallest absolute Gasteiger partial charge is 0.186 e. The Hall–Kier alpha value is -2.89. The molecular weight excluding hydrogens is 375 g/mol. The van der Waals surface area contributed by atoms with Crippen LogP contribution in [0.1, 0.15) is 24.1 Å². The molecule has 0 aliphatic carbocycles. The van der Waals surface area contributed by atoms with E-state index < -0.39 is 5.82 Å². The van der Waals surface area contributed by atoms with Crippen LogP contribution in [0, 0.1) is 24.1 Å². The molecule has 2 aromatic heterocycles. The zero-order valence-electron chi connectivity index (χ0n) is 15.4. The van der Waals surface area contributed by atoms with Gasteiger partial charge in [-0.1, -0.05) is 17.4 Å². The maximum absolute atomic E-state index is 14.2. The Morgan fingerprint density at radius 2 is 2.04 bits per heavy atom. The number of anilines is 1. The fourth-order valence-electron chi connectivity index (χ4n) is 3.17. The minimum absolute atomic E-state index is 0.0147. The van der Waals surface area contributed by atoms with E-state index in [0.717, 1.165) is 41.6 Å². The van der Waals surface area contributed by atoms with E-state index in [0.29, 0.717) is 17.0 Å². The molecule has 8 heteroatoms. The highest BCUT2D eigenvalue weighted by Gasteiger charge is 2.23. The van der Waals surface area contributed by atoms with Crippen molar-refractivity contribution >= 4 is 16.5 Å². The van der Waals surface area contributed by atoms with Gasteiger partial charge in [-0.25, -0.2) is 9.37 Å². The first-order valence-corrected chi connectivity index (χ1v) is 9.87. The number of hydrogen-bond donors (Lipinski definition) is 1. The lowest BCUT2D eigenvalue weighted by atomic mass is 10.1. The lowest BCUT2D eigenvalue weighted by Crippen LogP contribution is -2.39. The molecule has 0 saturated carbocycles. The van der Waals surface area contributed by atoms with Crippen molar-refractivity contribution in [2.24, 2.45) is 5.73 Å². The van der Waals surface area contributed by atoms with Gasteiger partial charge < -0.3 is 10.6 Å². The van der Waals surface area contributed by atoms with Crippen molar-refractivity contribution in [3.05, 3.63) is 47.7 Å². The summed E-state index contributed by atoms with van der Waals surface area (Å²) in [5.41, 5.74) is 8.82. The predicted octanol–water partition coefficient (Wildman–Crippen LogP) is 3.51. The molecule has 0 unspecified atom stereocenters. The summed E-state index contributed by atoms with van der Waals surface area (Å²) in [5, 5.41) is 9.86. The summed E-state index contributed by atoms with van der Waals surface area (Å²) in [5.74, 6) is -0.556. The summed E-state index contributed by atoms with van der Waals surface area (Å²) in [6, 6.07) is 6.64. The first-order valence-electron chi connectivity index (χ1n) is 9.05. The number of aromatic nitrogens is 3. The quantitative estimate of drug-likeness (QED) is 0.731. The third-order valence-corrected chi connectivity index (χ3v) is 5.94. The monoisotopic (exact) mass is 394 g/mol. The van der Waals surface area contributed by atoms with E-state index in [1.165, 1.54) is 23.5 Å². The average molecular weight is 394 g/mol. The lowest BCUT2D eigenvalue weighted by molar-refractivity contribution is 0.501. The average Bonchev–Trinajstić information content (AvgIpc) is 3.14. The number of piperidine rings is 1. The molecule has 4 rings (SSSR count). The summed E-state index contributed by atoms with van der Waals surface area (Å²) in [6.07, 6.45) is 5.25. The molecule has 0 atom stereocenters. The molecule has 0 radical (unpaired) electrons. The zero-order chi connectivity index (χ0) is 19.7. The SMILES string of the molecule is Cc1cnc(-c2sc(N3CCC(N)CC3)nc2-c2ccc(C#N)c(F)c2)cn1. The standard InChI is InChI=1S/C20H19FN6S/c1-12-10-25-17(11-24-12)19-18(13-2-3-14(9-22)16(21)8-13)26-20(28-19)27-6-4-15(23)5-7-27/h2-3,8,10-11,15H,4-7,23H2,1H3. The number of aryl methyl sites for hydroxylation is 1. The van der Waals surface area contributed by atoms with Gasteiger partial charge in [0, 0.05) is 30.9 Å². The number of halogens is 1. The van der Waals surface area contributed by atoms with Crippen LogP contribution in [0.5, 0.6) is 0 Å². The van der Waals surface area contributed by atoms with Gasteiger partial charge in [-0.3, -0.25) is 9.97 Å². The van der Waals surface area contributed by atoms with Crippen molar-refractivity contribution in [1.82, 2.24) is 15.0 Å². The highest BCUT2D eigenvalue weighted by molar-refractivity contribution is 7.19. The van der Waals surface area contributed by atoms with E-state index in [-0.39, 0.29) is 11.6 Å². The van der Waals surface area contributed by atoms with Crippen molar-refractivity contribution < 1.29 is 4.39 Å². The van der Waals surface area contributed by atoms with Crippen LogP contribution in [-0.2, 0) is 0 Å². The van der Waals surface area contributed by atoms with Crippen molar-refractivity contribution in [3.63, 3.8) is 0 Å². The highest BCUT2D eigenvalue weighted by Crippen LogP contribution is 2.40. The summed E-state index contributed by atoms with van der Waals surface area (Å²) < 4.78 is 14.2. The Balaban J connectivity index is 1.80. The second kappa shape index (κ2) is 7.62. The van der Waals surface area contributed by atoms with Gasteiger partial charge in [-0.05, 0) is 31.9 Å². The fourth-order valence-corrected chi connectivity index (χ4v) is 4.27. The van der Waals surface area contributed by atoms with E-state index in [2.05, 4.69) is 14.9 Å². The minimum Gasteiger partial charge on any atom is -0.348 e. The molecule has 0 amide bonds. The topological polar surface area (TPSA) is 91.7 Å². The van der Waals surface area contributed by atoms with E-state index in [9.17, 15) is 4.39 Å². The first kappa shape index (κ1) is 18.5. The number of nitrogens with zero attached hydrogens (tertiary/aromatic N) is 5. The van der Waals surface area contributed by atoms with Gasteiger partial charge in [0.15, 0.2) is 5.13 Å². The predicted molar refractivity (Wildman–Crippen MR) is 107 cm³/mol. The largest absolute Gasteiger partial charge is 0.348 e. The van der Waals surface area contributed by atoms with E-state index in [4.69, 9.17) is 16.0 Å².